The van der Waals surface area contributed by atoms with Crippen LogP contribution in [0.5, 0.6) is 5.75 Å². The number of amidine groups is 1. The molecule has 0 unspecified atom stereocenters. The minimum Gasteiger partial charge on any atom is -0.486 e. The molecule has 3 amide bonds. The van der Waals surface area contributed by atoms with Crippen molar-refractivity contribution in [2.75, 3.05) is 5.75 Å². The van der Waals surface area contributed by atoms with Gasteiger partial charge in [0, 0.05) is 9.27 Å². The third-order valence-corrected chi connectivity index (χ3v) is 10.1. The predicted octanol–water partition coefficient (Wildman–Crippen LogP) is 9.68. The SMILES string of the molecule is C=C/C=C\C(=C/C)N1C(=O)/C(=C/c2cc(Cl)c(OCc3ccc(I)cc3)c(Br)c2)C(=O)N=C1SCC(=O)NC(c1ccccc1)c1ccccc1. The van der Waals surface area contributed by atoms with Crippen molar-refractivity contribution in [1.82, 2.24) is 10.2 Å². The molecule has 1 heterocycles. The molecule has 0 atom stereocenters. The first kappa shape index (κ1) is 38.0. The highest BCUT2D eigenvalue weighted by atomic mass is 127. The molecule has 0 radical (unpaired) electrons. The average Bonchev–Trinajstić information content (AvgIpc) is 3.13. The van der Waals surface area contributed by atoms with Gasteiger partial charge in [0.15, 0.2) is 10.9 Å². The van der Waals surface area contributed by atoms with Gasteiger partial charge in [-0.05, 0) is 104 Å². The number of amides is 3. The van der Waals surface area contributed by atoms with Crippen LogP contribution < -0.4 is 10.1 Å². The van der Waals surface area contributed by atoms with Gasteiger partial charge in [-0.15, -0.1) is 0 Å². The van der Waals surface area contributed by atoms with E-state index in [1.807, 2.05) is 84.9 Å². The van der Waals surface area contributed by atoms with E-state index >= 15 is 0 Å². The molecule has 4 aromatic rings. The number of carbonyl (C=O) groups excluding carboxylic acids is 3. The van der Waals surface area contributed by atoms with Crippen molar-refractivity contribution >= 4 is 90.8 Å². The van der Waals surface area contributed by atoms with Crippen LogP contribution in [0.1, 0.15) is 35.2 Å². The van der Waals surface area contributed by atoms with Crippen molar-refractivity contribution in [1.29, 1.82) is 0 Å². The summed E-state index contributed by atoms with van der Waals surface area (Å²) in [4.78, 5) is 46.6. The fraction of sp³-hybridized carbons (Fsp3) is 0.100. The van der Waals surface area contributed by atoms with Gasteiger partial charge < -0.3 is 10.1 Å². The molecule has 5 rings (SSSR count). The molecule has 0 bridgehead atoms. The molecular formula is C40H32BrClIN3O4S. The quantitative estimate of drug-likeness (QED) is 0.0663. The van der Waals surface area contributed by atoms with Crippen molar-refractivity contribution in [2.24, 2.45) is 4.99 Å². The highest BCUT2D eigenvalue weighted by molar-refractivity contribution is 14.1. The zero-order chi connectivity index (χ0) is 36.3. The number of benzene rings is 4. The number of nitrogens with one attached hydrogen (secondary N) is 1. The number of halogens is 3. The molecule has 0 saturated heterocycles. The van der Waals surface area contributed by atoms with Crippen molar-refractivity contribution < 1.29 is 19.1 Å². The maximum Gasteiger partial charge on any atom is 0.285 e. The summed E-state index contributed by atoms with van der Waals surface area (Å²) < 4.78 is 7.66. The molecule has 0 fully saturated rings. The first-order valence-corrected chi connectivity index (χ1v) is 18.9. The summed E-state index contributed by atoms with van der Waals surface area (Å²) in [5.41, 5.74) is 3.59. The number of hydrogen-bond acceptors (Lipinski definition) is 5. The maximum atomic E-state index is 14.1. The normalized spacial score (nSPS) is 14.3. The molecule has 0 aromatic heterocycles. The lowest BCUT2D eigenvalue weighted by Gasteiger charge is -2.28. The largest absolute Gasteiger partial charge is 0.486 e. The summed E-state index contributed by atoms with van der Waals surface area (Å²) in [7, 11) is 0. The number of hydrogen-bond donors (Lipinski definition) is 1. The number of thioether (sulfide) groups is 1. The highest BCUT2D eigenvalue weighted by Gasteiger charge is 2.35. The Morgan fingerprint density at radius 1 is 1.04 bits per heavy atom. The van der Waals surface area contributed by atoms with Crippen molar-refractivity contribution in [2.45, 2.75) is 19.6 Å². The number of nitrogens with zero attached hydrogens (tertiary/aromatic N) is 2. The molecule has 51 heavy (non-hydrogen) atoms. The second kappa shape index (κ2) is 18.3. The highest BCUT2D eigenvalue weighted by Crippen LogP contribution is 2.36. The van der Waals surface area contributed by atoms with Gasteiger partial charge in [0.25, 0.3) is 11.8 Å². The Bertz CT molecular complexity index is 1990. The van der Waals surface area contributed by atoms with Crippen LogP contribution in [0.15, 0.2) is 149 Å². The second-order valence-corrected chi connectivity index (χ2v) is 14.5. The summed E-state index contributed by atoms with van der Waals surface area (Å²) in [6.07, 6.45) is 8.10. The summed E-state index contributed by atoms with van der Waals surface area (Å²) in [6, 6.07) is 30.2. The maximum absolute atomic E-state index is 14.1. The third-order valence-electron chi connectivity index (χ3n) is 7.54. The fourth-order valence-electron chi connectivity index (χ4n) is 5.10. The lowest BCUT2D eigenvalue weighted by Crippen LogP contribution is -2.42. The minimum absolute atomic E-state index is 0.0774. The van der Waals surface area contributed by atoms with Crippen LogP contribution in [0.4, 0.5) is 0 Å². The van der Waals surface area contributed by atoms with E-state index in [2.05, 4.69) is 55.4 Å². The van der Waals surface area contributed by atoms with E-state index in [1.54, 1.807) is 43.4 Å². The molecule has 7 nitrogen and oxygen atoms in total. The zero-order valence-corrected chi connectivity index (χ0v) is 32.7. The van der Waals surface area contributed by atoms with Gasteiger partial charge >= 0.3 is 0 Å². The molecular weight excluding hydrogens is 861 g/mol. The van der Waals surface area contributed by atoms with E-state index in [0.29, 0.717) is 33.1 Å². The molecule has 11 heteroatoms. The van der Waals surface area contributed by atoms with E-state index in [-0.39, 0.29) is 22.4 Å². The molecule has 1 aliphatic rings. The van der Waals surface area contributed by atoms with Crippen LogP contribution in [-0.2, 0) is 21.0 Å². The van der Waals surface area contributed by atoms with E-state index in [1.165, 1.54) is 11.0 Å². The van der Waals surface area contributed by atoms with Gasteiger partial charge in [-0.3, -0.25) is 19.3 Å². The predicted molar refractivity (Wildman–Crippen MR) is 218 cm³/mol. The summed E-state index contributed by atoms with van der Waals surface area (Å²) in [5, 5.41) is 3.47. The lowest BCUT2D eigenvalue weighted by molar-refractivity contribution is -0.126. The summed E-state index contributed by atoms with van der Waals surface area (Å²) >= 11 is 13.4. The smallest absolute Gasteiger partial charge is 0.285 e. The molecule has 4 aromatic carbocycles. The number of rotatable bonds is 12. The van der Waals surface area contributed by atoms with E-state index in [0.717, 1.165) is 32.0 Å². The zero-order valence-electron chi connectivity index (χ0n) is 27.4. The summed E-state index contributed by atoms with van der Waals surface area (Å²) in [5.74, 6) is -1.30. The van der Waals surface area contributed by atoms with Crippen LogP contribution in [0.2, 0.25) is 5.02 Å². The van der Waals surface area contributed by atoms with Crippen molar-refractivity contribution in [3.05, 3.63) is 175 Å². The van der Waals surface area contributed by atoms with Gasteiger partial charge in [-0.1, -0.05) is 121 Å². The van der Waals surface area contributed by atoms with Crippen LogP contribution in [-0.4, -0.2) is 33.5 Å². The van der Waals surface area contributed by atoms with E-state index in [9.17, 15) is 14.4 Å². The first-order chi connectivity index (χ1) is 24.7. The van der Waals surface area contributed by atoms with Crippen molar-refractivity contribution in [3.8, 4) is 5.75 Å². The molecule has 258 valence electrons. The third kappa shape index (κ3) is 9.97. The Balaban J connectivity index is 1.39. The fourth-order valence-corrected chi connectivity index (χ4v) is 7.25. The van der Waals surface area contributed by atoms with Gasteiger partial charge in [-0.25, -0.2) is 0 Å². The Hall–Kier alpha value is -4.23. The Morgan fingerprint density at radius 2 is 1.69 bits per heavy atom. The van der Waals surface area contributed by atoms with Crippen LogP contribution in [0, 0.1) is 3.57 Å². The Morgan fingerprint density at radius 3 is 2.27 bits per heavy atom. The number of allylic oxidation sites excluding steroid dienone is 4. The Labute approximate surface area is 328 Å². The van der Waals surface area contributed by atoms with E-state index in [4.69, 9.17) is 16.3 Å². The second-order valence-electron chi connectivity index (χ2n) is 11.0. The molecule has 0 spiro atoms. The van der Waals surface area contributed by atoms with Crippen LogP contribution in [0.25, 0.3) is 6.08 Å². The summed E-state index contributed by atoms with van der Waals surface area (Å²) in [6.45, 7) is 5.80. The number of ether oxygens (including phenoxy) is 1. The van der Waals surface area contributed by atoms with Crippen LogP contribution >= 0.6 is 61.9 Å². The van der Waals surface area contributed by atoms with Gasteiger partial charge in [0.2, 0.25) is 5.91 Å². The molecule has 1 N–H and O–H groups in total. The minimum atomic E-state index is -0.736. The first-order valence-electron chi connectivity index (χ1n) is 15.7. The number of carbonyl (C=O) groups is 3. The van der Waals surface area contributed by atoms with Gasteiger partial charge in [-0.2, -0.15) is 4.99 Å². The molecule has 0 saturated carbocycles. The van der Waals surface area contributed by atoms with Crippen LogP contribution in [0.3, 0.4) is 0 Å². The molecule has 0 aliphatic carbocycles. The Kier molecular flexibility index (Phi) is 13.7. The standard InChI is InChI=1S/C40H32BrClIN3O4S/c1-3-5-16-31(4-2)46-39(49)32(21-27-22-33(41)37(34(42)23-27)50-24-26-17-19-30(43)20-18-26)38(48)45-40(46)51-25-35(47)44-36(28-12-8-6-9-13-28)29-14-10-7-11-15-29/h3-23,36H,1,24-25H2,2H3,(H,44,47)/b16-5-,31-4+,32-21+. The molecule has 1 aliphatic heterocycles. The van der Waals surface area contributed by atoms with Gasteiger partial charge in [0.1, 0.15) is 12.2 Å². The van der Waals surface area contributed by atoms with Gasteiger partial charge in [0.05, 0.1) is 21.3 Å². The van der Waals surface area contributed by atoms with Crippen molar-refractivity contribution in [3.63, 3.8) is 0 Å². The average molecular weight is 893 g/mol. The lowest BCUT2D eigenvalue weighted by atomic mass is 9.99. The van der Waals surface area contributed by atoms with E-state index < -0.39 is 17.9 Å². The number of aliphatic imine (C=N–C) groups is 1. The topological polar surface area (TPSA) is 88.1 Å². The monoisotopic (exact) mass is 891 g/mol.